The summed E-state index contributed by atoms with van der Waals surface area (Å²) in [5, 5.41) is 9.12. The molecule has 0 bridgehead atoms. The zero-order chi connectivity index (χ0) is 17.8. The fourth-order valence-corrected chi connectivity index (χ4v) is 1.93. The Morgan fingerprint density at radius 1 is 1.00 bits per heavy atom. The van der Waals surface area contributed by atoms with E-state index < -0.39 is 18.2 Å². The minimum atomic E-state index is -1.17. The van der Waals surface area contributed by atoms with E-state index in [4.69, 9.17) is 19.3 Å². The van der Waals surface area contributed by atoms with Gasteiger partial charge in [0.15, 0.2) is 6.29 Å². The van der Waals surface area contributed by atoms with Crippen LogP contribution in [0.4, 0.5) is 0 Å². The normalized spacial score (nSPS) is 10.8. The minimum Gasteiger partial charge on any atom is -0.478 e. The fourth-order valence-electron chi connectivity index (χ4n) is 1.93. The third-order valence-corrected chi connectivity index (χ3v) is 3.33. The summed E-state index contributed by atoms with van der Waals surface area (Å²) in [7, 11) is 0. The van der Waals surface area contributed by atoms with Crippen molar-refractivity contribution < 1.29 is 28.9 Å². The number of aromatic carboxylic acids is 1. The molecular weight excluding hydrogens is 312 g/mol. The third-order valence-electron chi connectivity index (χ3n) is 3.33. The van der Waals surface area contributed by atoms with Gasteiger partial charge in [-0.15, -0.1) is 0 Å². The standard InChI is InChI=1S/C18H26O6/c1-3-5-11-22-16(23-12-6-4-2)13-24-18(21)15-10-8-7-9-14(15)17(19)20/h7-10,16H,3-6,11-13H2,1-2H3,(H,19,20). The van der Waals surface area contributed by atoms with Crippen molar-refractivity contribution in [1.29, 1.82) is 0 Å². The highest BCUT2D eigenvalue weighted by Crippen LogP contribution is 2.11. The van der Waals surface area contributed by atoms with Crippen LogP contribution in [0, 0.1) is 0 Å². The van der Waals surface area contributed by atoms with Crippen molar-refractivity contribution in [2.75, 3.05) is 19.8 Å². The molecule has 1 N–H and O–H groups in total. The average molecular weight is 338 g/mol. The number of benzene rings is 1. The Labute approximate surface area is 142 Å². The first-order valence-electron chi connectivity index (χ1n) is 8.32. The van der Waals surface area contributed by atoms with Crippen LogP contribution in [-0.2, 0) is 14.2 Å². The minimum absolute atomic E-state index is 0.0193. The van der Waals surface area contributed by atoms with Gasteiger partial charge in [-0.05, 0) is 25.0 Å². The van der Waals surface area contributed by atoms with Crippen LogP contribution in [0.3, 0.4) is 0 Å². The Morgan fingerprint density at radius 3 is 2.04 bits per heavy atom. The summed E-state index contributed by atoms with van der Waals surface area (Å²) in [6.07, 6.45) is 3.14. The van der Waals surface area contributed by atoms with Gasteiger partial charge in [-0.3, -0.25) is 0 Å². The number of unbranched alkanes of at least 4 members (excludes halogenated alkanes) is 2. The molecule has 1 rings (SSSR count). The Kier molecular flexibility index (Phi) is 9.72. The Bertz CT molecular complexity index is 504. The second kappa shape index (κ2) is 11.6. The van der Waals surface area contributed by atoms with Crippen molar-refractivity contribution >= 4 is 11.9 Å². The number of esters is 1. The number of carboxylic acids is 1. The molecule has 1 aromatic carbocycles. The van der Waals surface area contributed by atoms with Gasteiger partial charge in [0.25, 0.3) is 0 Å². The van der Waals surface area contributed by atoms with Crippen molar-refractivity contribution in [2.45, 2.75) is 45.8 Å². The molecule has 0 aliphatic carbocycles. The van der Waals surface area contributed by atoms with Crippen LogP contribution in [0.1, 0.15) is 60.2 Å². The van der Waals surface area contributed by atoms with Gasteiger partial charge in [-0.2, -0.15) is 0 Å². The maximum atomic E-state index is 12.1. The molecule has 0 heterocycles. The third kappa shape index (κ3) is 7.10. The number of ether oxygens (including phenoxy) is 3. The molecule has 0 aromatic heterocycles. The van der Waals surface area contributed by atoms with Gasteiger partial charge in [-0.25, -0.2) is 9.59 Å². The van der Waals surface area contributed by atoms with Gasteiger partial charge < -0.3 is 19.3 Å². The van der Waals surface area contributed by atoms with Crippen molar-refractivity contribution in [2.24, 2.45) is 0 Å². The number of rotatable bonds is 12. The van der Waals surface area contributed by atoms with E-state index in [1.807, 2.05) is 0 Å². The lowest BCUT2D eigenvalue weighted by molar-refractivity contribution is -0.164. The van der Waals surface area contributed by atoms with Gasteiger partial charge in [0.2, 0.25) is 0 Å². The Morgan fingerprint density at radius 2 is 1.54 bits per heavy atom. The molecule has 0 unspecified atom stereocenters. The first kappa shape index (κ1) is 20.1. The molecule has 6 nitrogen and oxygen atoms in total. The van der Waals surface area contributed by atoms with Crippen LogP contribution >= 0.6 is 0 Å². The second-order valence-corrected chi connectivity index (χ2v) is 5.33. The van der Waals surface area contributed by atoms with Crippen LogP contribution in [0.5, 0.6) is 0 Å². The van der Waals surface area contributed by atoms with Gasteiger partial charge in [0, 0.05) is 13.2 Å². The van der Waals surface area contributed by atoms with Crippen molar-refractivity contribution in [3.63, 3.8) is 0 Å². The largest absolute Gasteiger partial charge is 0.478 e. The molecule has 0 spiro atoms. The van der Waals surface area contributed by atoms with Crippen molar-refractivity contribution in [3.05, 3.63) is 35.4 Å². The highest BCUT2D eigenvalue weighted by atomic mass is 16.7. The van der Waals surface area contributed by atoms with E-state index in [-0.39, 0.29) is 17.7 Å². The maximum Gasteiger partial charge on any atom is 0.339 e. The topological polar surface area (TPSA) is 82.1 Å². The van der Waals surface area contributed by atoms with Crippen LogP contribution in [0.2, 0.25) is 0 Å². The number of hydrogen-bond acceptors (Lipinski definition) is 5. The zero-order valence-electron chi connectivity index (χ0n) is 14.3. The lowest BCUT2D eigenvalue weighted by atomic mass is 10.1. The van der Waals surface area contributed by atoms with E-state index in [0.717, 1.165) is 25.7 Å². The molecule has 0 saturated heterocycles. The Hall–Kier alpha value is -1.92. The first-order chi connectivity index (χ1) is 11.6. The molecule has 0 radical (unpaired) electrons. The summed E-state index contributed by atoms with van der Waals surface area (Å²) in [6, 6.07) is 5.95. The molecule has 0 fully saturated rings. The Balaban J connectivity index is 2.60. The van der Waals surface area contributed by atoms with E-state index in [9.17, 15) is 9.59 Å². The maximum absolute atomic E-state index is 12.1. The summed E-state index contributed by atoms with van der Waals surface area (Å²) in [5.74, 6) is -1.87. The lowest BCUT2D eigenvalue weighted by Crippen LogP contribution is -2.26. The van der Waals surface area contributed by atoms with Gasteiger partial charge in [0.05, 0.1) is 11.1 Å². The van der Waals surface area contributed by atoms with Gasteiger partial charge >= 0.3 is 11.9 Å². The monoisotopic (exact) mass is 338 g/mol. The van der Waals surface area contributed by atoms with Crippen LogP contribution in [0.15, 0.2) is 24.3 Å². The molecule has 6 heteroatoms. The van der Waals surface area contributed by atoms with Crippen molar-refractivity contribution in [1.82, 2.24) is 0 Å². The SMILES string of the molecule is CCCCOC(COC(=O)c1ccccc1C(=O)O)OCCCC. The molecule has 0 aliphatic rings. The second-order valence-electron chi connectivity index (χ2n) is 5.33. The molecule has 0 saturated carbocycles. The molecule has 1 aromatic rings. The highest BCUT2D eigenvalue weighted by Gasteiger charge is 2.19. The lowest BCUT2D eigenvalue weighted by Gasteiger charge is -2.18. The number of carbonyl (C=O) groups excluding carboxylic acids is 1. The number of carbonyl (C=O) groups is 2. The quantitative estimate of drug-likeness (QED) is 0.357. The summed E-state index contributed by atoms with van der Waals surface area (Å²) in [4.78, 5) is 23.3. The first-order valence-corrected chi connectivity index (χ1v) is 8.32. The van der Waals surface area contributed by atoms with E-state index in [0.29, 0.717) is 13.2 Å². The molecule has 0 amide bonds. The molecule has 0 atom stereocenters. The summed E-state index contributed by atoms with van der Waals surface area (Å²) >= 11 is 0. The van der Waals surface area contributed by atoms with Crippen molar-refractivity contribution in [3.8, 4) is 0 Å². The average Bonchev–Trinajstić information content (AvgIpc) is 2.59. The highest BCUT2D eigenvalue weighted by molar-refractivity contribution is 6.02. The van der Waals surface area contributed by atoms with E-state index in [1.165, 1.54) is 12.1 Å². The molecular formula is C18H26O6. The van der Waals surface area contributed by atoms with Gasteiger partial charge in [0.1, 0.15) is 6.61 Å². The van der Waals surface area contributed by atoms with E-state index in [2.05, 4.69) is 13.8 Å². The van der Waals surface area contributed by atoms with E-state index >= 15 is 0 Å². The molecule has 24 heavy (non-hydrogen) atoms. The molecule has 0 aliphatic heterocycles. The summed E-state index contributed by atoms with van der Waals surface area (Å²) in [5.41, 5.74) is -0.0660. The summed E-state index contributed by atoms with van der Waals surface area (Å²) < 4.78 is 16.3. The van der Waals surface area contributed by atoms with Gasteiger partial charge in [-0.1, -0.05) is 38.8 Å². The van der Waals surface area contributed by atoms with E-state index in [1.54, 1.807) is 12.1 Å². The predicted molar refractivity (Wildman–Crippen MR) is 89.2 cm³/mol. The predicted octanol–water partition coefficient (Wildman–Crippen LogP) is 3.50. The molecule has 134 valence electrons. The smallest absolute Gasteiger partial charge is 0.339 e. The zero-order valence-corrected chi connectivity index (χ0v) is 14.3. The van der Waals surface area contributed by atoms with Crippen LogP contribution in [-0.4, -0.2) is 43.2 Å². The fraction of sp³-hybridized carbons (Fsp3) is 0.556. The number of hydrogen-bond donors (Lipinski definition) is 1. The van der Waals surface area contributed by atoms with Crippen LogP contribution < -0.4 is 0 Å². The number of carboxylic acid groups (broad SMARTS) is 1. The van der Waals surface area contributed by atoms with Crippen LogP contribution in [0.25, 0.3) is 0 Å². The summed E-state index contributed by atoms with van der Waals surface area (Å²) in [6.45, 7) is 5.09.